The van der Waals surface area contributed by atoms with E-state index >= 15 is 0 Å². The van der Waals surface area contributed by atoms with E-state index in [-0.39, 0.29) is 0 Å². The van der Waals surface area contributed by atoms with Crippen LogP contribution in [0.3, 0.4) is 0 Å². The summed E-state index contributed by atoms with van der Waals surface area (Å²) in [5.74, 6) is -1.38. The lowest BCUT2D eigenvalue weighted by atomic mass is 10.1. The summed E-state index contributed by atoms with van der Waals surface area (Å²) in [6.45, 7) is 5.70. The molecule has 0 aliphatic carbocycles. The van der Waals surface area contributed by atoms with E-state index in [4.69, 9.17) is 5.11 Å². The number of rotatable bonds is 2. The first-order valence-corrected chi connectivity index (χ1v) is 5.50. The van der Waals surface area contributed by atoms with Gasteiger partial charge >= 0.3 is 5.97 Å². The van der Waals surface area contributed by atoms with Crippen LogP contribution in [0, 0.1) is 13.8 Å². The predicted octanol–water partition coefficient (Wildman–Crippen LogP) is 2.20. The molecule has 0 aromatic carbocycles. The van der Waals surface area contributed by atoms with E-state index in [2.05, 4.69) is 4.98 Å². The average molecular weight is 224 g/mol. The number of hydrogen-bond acceptors (Lipinski definition) is 3. The topological polar surface area (TPSA) is 54.6 Å². The number of fused-ring (bicyclic) bond motifs is 1. The van der Waals surface area contributed by atoms with Crippen LogP contribution in [0.15, 0.2) is 6.20 Å². The van der Waals surface area contributed by atoms with E-state index in [0.29, 0.717) is 5.69 Å². The SMILES string of the molecule is Cc1sc2nc(C(C)C(=O)O)cn2c1C. The summed E-state index contributed by atoms with van der Waals surface area (Å²) in [7, 11) is 0. The van der Waals surface area contributed by atoms with Crippen molar-refractivity contribution < 1.29 is 9.90 Å². The molecule has 0 saturated heterocycles. The number of carbonyl (C=O) groups is 1. The maximum atomic E-state index is 10.8. The van der Waals surface area contributed by atoms with Gasteiger partial charge in [0, 0.05) is 16.8 Å². The van der Waals surface area contributed by atoms with E-state index in [1.807, 2.05) is 24.4 Å². The van der Waals surface area contributed by atoms with Gasteiger partial charge in [-0.25, -0.2) is 4.98 Å². The Labute approximate surface area is 91.2 Å². The van der Waals surface area contributed by atoms with Crippen molar-refractivity contribution in [1.82, 2.24) is 9.38 Å². The molecule has 0 radical (unpaired) electrons. The molecule has 4 nitrogen and oxygen atoms in total. The van der Waals surface area contributed by atoms with Crippen LogP contribution in [0.25, 0.3) is 4.96 Å². The van der Waals surface area contributed by atoms with Crippen molar-refractivity contribution in [2.24, 2.45) is 0 Å². The van der Waals surface area contributed by atoms with Crippen molar-refractivity contribution in [3.63, 3.8) is 0 Å². The fourth-order valence-electron chi connectivity index (χ4n) is 1.41. The summed E-state index contributed by atoms with van der Waals surface area (Å²) in [5.41, 5.74) is 1.75. The van der Waals surface area contributed by atoms with Gasteiger partial charge in [0.2, 0.25) is 0 Å². The number of imidazole rings is 1. The van der Waals surface area contributed by atoms with Crippen molar-refractivity contribution >= 4 is 22.3 Å². The number of hydrogen-bond donors (Lipinski definition) is 1. The van der Waals surface area contributed by atoms with Gasteiger partial charge in [-0.1, -0.05) is 0 Å². The van der Waals surface area contributed by atoms with Crippen LogP contribution in [0.4, 0.5) is 0 Å². The van der Waals surface area contributed by atoms with Gasteiger partial charge in [-0.2, -0.15) is 0 Å². The summed E-state index contributed by atoms with van der Waals surface area (Å²) in [5, 5.41) is 8.88. The number of nitrogens with zero attached hydrogens (tertiary/aromatic N) is 2. The third kappa shape index (κ3) is 1.52. The highest BCUT2D eigenvalue weighted by molar-refractivity contribution is 7.17. The highest BCUT2D eigenvalue weighted by atomic mass is 32.1. The Bertz CT molecular complexity index is 527. The highest BCUT2D eigenvalue weighted by Gasteiger charge is 2.18. The van der Waals surface area contributed by atoms with Gasteiger partial charge < -0.3 is 5.11 Å². The van der Waals surface area contributed by atoms with Gasteiger partial charge in [-0.05, 0) is 20.8 Å². The monoisotopic (exact) mass is 224 g/mol. The van der Waals surface area contributed by atoms with Crippen LogP contribution >= 0.6 is 11.3 Å². The molecule has 0 bridgehead atoms. The third-order valence-corrected chi connectivity index (χ3v) is 3.69. The molecule has 1 atom stereocenters. The zero-order valence-corrected chi connectivity index (χ0v) is 9.63. The van der Waals surface area contributed by atoms with Crippen LogP contribution in [0.5, 0.6) is 0 Å². The third-order valence-electron chi connectivity index (χ3n) is 2.62. The molecule has 2 aromatic heterocycles. The van der Waals surface area contributed by atoms with E-state index in [9.17, 15) is 4.79 Å². The van der Waals surface area contributed by atoms with Gasteiger partial charge in [0.1, 0.15) is 0 Å². The van der Waals surface area contributed by atoms with Gasteiger partial charge in [-0.15, -0.1) is 11.3 Å². The average Bonchev–Trinajstić information content (AvgIpc) is 2.67. The van der Waals surface area contributed by atoms with E-state index < -0.39 is 11.9 Å². The summed E-state index contributed by atoms with van der Waals surface area (Å²) >= 11 is 1.59. The Balaban J connectivity index is 2.53. The lowest BCUT2D eigenvalue weighted by Crippen LogP contribution is -2.07. The standard InChI is InChI=1S/C10H12N2O2S/c1-5(9(13)14)8-4-12-6(2)7(3)15-10(12)11-8/h4-5H,1-3H3,(H,13,14). The number of aliphatic carboxylic acids is 1. The summed E-state index contributed by atoms with van der Waals surface area (Å²) in [6.07, 6.45) is 1.81. The Morgan fingerprint density at radius 2 is 2.27 bits per heavy atom. The van der Waals surface area contributed by atoms with Crippen LogP contribution in [-0.4, -0.2) is 20.5 Å². The first-order chi connectivity index (χ1) is 7.00. The molecule has 1 unspecified atom stereocenters. The van der Waals surface area contributed by atoms with E-state index in [1.165, 1.54) is 4.88 Å². The number of aryl methyl sites for hydroxylation is 2. The number of carboxylic acids is 1. The first kappa shape index (κ1) is 10.2. The number of carboxylic acid groups (broad SMARTS) is 1. The summed E-state index contributed by atoms with van der Waals surface area (Å²) < 4.78 is 1.95. The Kier molecular flexibility index (Phi) is 2.26. The smallest absolute Gasteiger partial charge is 0.312 e. The molecule has 5 heteroatoms. The van der Waals surface area contributed by atoms with Crippen molar-refractivity contribution in [2.75, 3.05) is 0 Å². The number of aromatic nitrogens is 2. The molecule has 2 aromatic rings. The zero-order valence-electron chi connectivity index (χ0n) is 8.81. The molecule has 0 amide bonds. The quantitative estimate of drug-likeness (QED) is 0.850. The molecule has 15 heavy (non-hydrogen) atoms. The second-order valence-corrected chi connectivity index (χ2v) is 4.80. The zero-order chi connectivity index (χ0) is 11.2. The van der Waals surface area contributed by atoms with Crippen molar-refractivity contribution in [3.05, 3.63) is 22.5 Å². The van der Waals surface area contributed by atoms with E-state index in [1.54, 1.807) is 18.3 Å². The van der Waals surface area contributed by atoms with Crippen molar-refractivity contribution in [1.29, 1.82) is 0 Å². The van der Waals surface area contributed by atoms with Crippen LogP contribution in [0.1, 0.15) is 29.1 Å². The molecule has 1 N–H and O–H groups in total. The van der Waals surface area contributed by atoms with Crippen LogP contribution < -0.4 is 0 Å². The fourth-order valence-corrected chi connectivity index (χ4v) is 2.37. The van der Waals surface area contributed by atoms with Gasteiger partial charge in [0.25, 0.3) is 0 Å². The lowest BCUT2D eigenvalue weighted by Gasteiger charge is -1.99. The molecule has 0 aliphatic rings. The van der Waals surface area contributed by atoms with Crippen molar-refractivity contribution in [2.45, 2.75) is 26.7 Å². The second-order valence-electron chi connectivity index (χ2n) is 3.62. The minimum atomic E-state index is -0.838. The number of thiazole rings is 1. The molecule has 2 heterocycles. The Morgan fingerprint density at radius 3 is 2.80 bits per heavy atom. The normalized spacial score (nSPS) is 13.3. The molecule has 0 aliphatic heterocycles. The maximum absolute atomic E-state index is 10.8. The van der Waals surface area contributed by atoms with Gasteiger partial charge in [0.15, 0.2) is 4.96 Å². The molecular weight excluding hydrogens is 212 g/mol. The molecule has 0 saturated carbocycles. The highest BCUT2D eigenvalue weighted by Crippen LogP contribution is 2.24. The molecular formula is C10H12N2O2S. The largest absolute Gasteiger partial charge is 0.481 e. The Morgan fingerprint density at radius 1 is 1.60 bits per heavy atom. The fraction of sp³-hybridized carbons (Fsp3) is 0.400. The second kappa shape index (κ2) is 3.34. The van der Waals surface area contributed by atoms with Crippen LogP contribution in [-0.2, 0) is 4.79 Å². The van der Waals surface area contributed by atoms with Crippen molar-refractivity contribution in [3.8, 4) is 0 Å². The summed E-state index contributed by atoms with van der Waals surface area (Å²) in [6, 6.07) is 0. The molecule has 80 valence electrons. The predicted molar refractivity (Wildman–Crippen MR) is 58.6 cm³/mol. The van der Waals surface area contributed by atoms with E-state index in [0.717, 1.165) is 10.7 Å². The first-order valence-electron chi connectivity index (χ1n) is 4.68. The van der Waals surface area contributed by atoms with Gasteiger partial charge in [-0.3, -0.25) is 9.20 Å². The molecule has 2 rings (SSSR count). The molecule has 0 spiro atoms. The molecule has 0 fully saturated rings. The van der Waals surface area contributed by atoms with Gasteiger partial charge in [0.05, 0.1) is 11.6 Å². The van der Waals surface area contributed by atoms with Crippen LogP contribution in [0.2, 0.25) is 0 Å². The summed E-state index contributed by atoms with van der Waals surface area (Å²) in [4.78, 5) is 17.2. The lowest BCUT2D eigenvalue weighted by molar-refractivity contribution is -0.138. The Hall–Kier alpha value is -1.36. The minimum absolute atomic E-state index is 0.545. The minimum Gasteiger partial charge on any atom is -0.481 e. The maximum Gasteiger partial charge on any atom is 0.312 e.